The molecule has 0 saturated heterocycles. The molecular formula is C12H14O4. The van der Waals surface area contributed by atoms with Crippen LogP contribution in [-0.2, 0) is 11.2 Å². The molecule has 0 unspecified atom stereocenters. The summed E-state index contributed by atoms with van der Waals surface area (Å²) >= 11 is 0. The Hall–Kier alpha value is -1.71. The van der Waals surface area contributed by atoms with Gasteiger partial charge in [-0.15, -0.1) is 0 Å². The van der Waals surface area contributed by atoms with Crippen molar-refractivity contribution < 1.29 is 19.4 Å². The summed E-state index contributed by atoms with van der Waals surface area (Å²) in [5, 5.41) is 9.70. The number of aromatic hydroxyl groups is 1. The number of ether oxygens (including phenoxy) is 2. The first-order chi connectivity index (χ1) is 7.54. The standard InChI is InChI=1S/C12H14O4/c1-6-4-9(13)11(15-3)10-8(6)5-7(2)16-12(10)14/h4,7,13H,5H2,1-3H3/t7-/m1/s1. The molecule has 0 radical (unpaired) electrons. The minimum atomic E-state index is -0.426. The molecule has 1 aliphatic heterocycles. The van der Waals surface area contributed by atoms with Crippen LogP contribution in [0.25, 0.3) is 0 Å². The minimum Gasteiger partial charge on any atom is -0.504 e. The van der Waals surface area contributed by atoms with E-state index in [2.05, 4.69) is 0 Å². The van der Waals surface area contributed by atoms with Crippen molar-refractivity contribution >= 4 is 5.97 Å². The predicted octanol–water partition coefficient (Wildman–Crippen LogP) is 1.81. The van der Waals surface area contributed by atoms with Crippen molar-refractivity contribution in [2.24, 2.45) is 0 Å². The average molecular weight is 222 g/mol. The number of rotatable bonds is 1. The molecule has 1 aliphatic rings. The van der Waals surface area contributed by atoms with Crippen LogP contribution in [0.3, 0.4) is 0 Å². The van der Waals surface area contributed by atoms with Crippen LogP contribution in [0.2, 0.25) is 0 Å². The molecule has 2 rings (SSSR count). The van der Waals surface area contributed by atoms with Gasteiger partial charge in [0.05, 0.1) is 7.11 Å². The Kier molecular flexibility index (Phi) is 2.50. The second kappa shape index (κ2) is 3.70. The largest absolute Gasteiger partial charge is 0.504 e. The van der Waals surface area contributed by atoms with Crippen LogP contribution in [0.15, 0.2) is 6.07 Å². The maximum absolute atomic E-state index is 11.8. The summed E-state index contributed by atoms with van der Waals surface area (Å²) in [5.74, 6) is -0.243. The third-order valence-corrected chi connectivity index (χ3v) is 2.80. The molecular weight excluding hydrogens is 208 g/mol. The highest BCUT2D eigenvalue weighted by Gasteiger charge is 2.30. The highest BCUT2D eigenvalue weighted by atomic mass is 16.5. The summed E-state index contributed by atoms with van der Waals surface area (Å²) in [6.45, 7) is 3.71. The van der Waals surface area contributed by atoms with E-state index in [1.165, 1.54) is 7.11 Å². The zero-order valence-electron chi connectivity index (χ0n) is 9.53. The van der Waals surface area contributed by atoms with E-state index in [1.54, 1.807) is 6.07 Å². The zero-order chi connectivity index (χ0) is 11.9. The molecule has 86 valence electrons. The number of esters is 1. The van der Waals surface area contributed by atoms with Gasteiger partial charge in [-0.2, -0.15) is 0 Å². The lowest BCUT2D eigenvalue weighted by Gasteiger charge is -2.25. The fourth-order valence-electron chi connectivity index (χ4n) is 2.08. The summed E-state index contributed by atoms with van der Waals surface area (Å²) in [4.78, 5) is 11.8. The number of phenols is 1. The van der Waals surface area contributed by atoms with Crippen LogP contribution in [0.5, 0.6) is 11.5 Å². The number of fused-ring (bicyclic) bond motifs is 1. The van der Waals surface area contributed by atoms with Crippen LogP contribution in [0.4, 0.5) is 0 Å². The van der Waals surface area contributed by atoms with Gasteiger partial charge in [0.1, 0.15) is 11.7 Å². The third kappa shape index (κ3) is 1.50. The molecule has 1 aromatic carbocycles. The van der Waals surface area contributed by atoms with Crippen LogP contribution in [-0.4, -0.2) is 24.3 Å². The summed E-state index contributed by atoms with van der Waals surface area (Å²) in [6, 6.07) is 1.61. The van der Waals surface area contributed by atoms with Crippen LogP contribution in [0.1, 0.15) is 28.4 Å². The first kappa shape index (κ1) is 10.8. The molecule has 0 spiro atoms. The van der Waals surface area contributed by atoms with Gasteiger partial charge in [-0.05, 0) is 31.0 Å². The lowest BCUT2D eigenvalue weighted by molar-refractivity contribution is 0.0295. The van der Waals surface area contributed by atoms with Crippen molar-refractivity contribution in [2.45, 2.75) is 26.4 Å². The summed E-state index contributed by atoms with van der Waals surface area (Å²) in [6.07, 6.45) is 0.525. The van der Waals surface area contributed by atoms with Crippen LogP contribution < -0.4 is 4.74 Å². The van der Waals surface area contributed by atoms with E-state index in [9.17, 15) is 9.90 Å². The molecule has 1 heterocycles. The van der Waals surface area contributed by atoms with E-state index in [1.807, 2.05) is 13.8 Å². The average Bonchev–Trinajstić information content (AvgIpc) is 2.20. The number of benzene rings is 1. The van der Waals surface area contributed by atoms with Gasteiger partial charge in [0, 0.05) is 6.42 Å². The van der Waals surface area contributed by atoms with E-state index in [0.717, 1.165) is 11.1 Å². The Morgan fingerprint density at radius 3 is 2.88 bits per heavy atom. The van der Waals surface area contributed by atoms with Gasteiger partial charge in [0.15, 0.2) is 11.5 Å². The Bertz CT molecular complexity index is 451. The van der Waals surface area contributed by atoms with Crippen molar-refractivity contribution in [2.75, 3.05) is 7.11 Å². The van der Waals surface area contributed by atoms with Crippen LogP contribution >= 0.6 is 0 Å². The minimum absolute atomic E-state index is 0.0229. The maximum Gasteiger partial charge on any atom is 0.342 e. The summed E-state index contributed by atoms with van der Waals surface area (Å²) in [5.41, 5.74) is 2.15. The Morgan fingerprint density at radius 1 is 1.56 bits per heavy atom. The number of hydrogen-bond donors (Lipinski definition) is 1. The zero-order valence-corrected chi connectivity index (χ0v) is 9.53. The van der Waals surface area contributed by atoms with E-state index in [-0.39, 0.29) is 17.6 Å². The van der Waals surface area contributed by atoms with Gasteiger partial charge in [-0.25, -0.2) is 4.79 Å². The van der Waals surface area contributed by atoms with E-state index >= 15 is 0 Å². The number of methoxy groups -OCH3 is 1. The van der Waals surface area contributed by atoms with E-state index in [4.69, 9.17) is 9.47 Å². The summed E-state index contributed by atoms with van der Waals surface area (Å²) in [7, 11) is 1.43. The molecule has 1 aromatic rings. The summed E-state index contributed by atoms with van der Waals surface area (Å²) < 4.78 is 10.2. The first-order valence-electron chi connectivity index (χ1n) is 5.15. The molecule has 16 heavy (non-hydrogen) atoms. The first-order valence-corrected chi connectivity index (χ1v) is 5.15. The number of cyclic esters (lactones) is 1. The predicted molar refractivity (Wildman–Crippen MR) is 58.0 cm³/mol. The number of aryl methyl sites for hydroxylation is 1. The molecule has 0 fully saturated rings. The lowest BCUT2D eigenvalue weighted by Crippen LogP contribution is -2.26. The molecule has 0 aromatic heterocycles. The molecule has 0 bridgehead atoms. The van der Waals surface area contributed by atoms with Gasteiger partial charge >= 0.3 is 5.97 Å². The molecule has 0 aliphatic carbocycles. The SMILES string of the molecule is COc1c(O)cc(C)c2c1C(=O)O[C@H](C)C2. The number of carbonyl (C=O) groups excluding carboxylic acids is 1. The smallest absolute Gasteiger partial charge is 0.342 e. The molecule has 4 heteroatoms. The van der Waals surface area contributed by atoms with Crippen molar-refractivity contribution in [1.82, 2.24) is 0 Å². The molecule has 1 atom stereocenters. The number of phenolic OH excluding ortho intramolecular Hbond substituents is 1. The van der Waals surface area contributed by atoms with Gasteiger partial charge in [0.25, 0.3) is 0 Å². The maximum atomic E-state index is 11.8. The monoisotopic (exact) mass is 222 g/mol. The van der Waals surface area contributed by atoms with Gasteiger partial charge in [-0.1, -0.05) is 0 Å². The number of carbonyl (C=O) groups is 1. The van der Waals surface area contributed by atoms with E-state index < -0.39 is 5.97 Å². The Morgan fingerprint density at radius 2 is 2.25 bits per heavy atom. The normalized spacial score (nSPS) is 18.9. The molecule has 0 amide bonds. The Labute approximate surface area is 93.8 Å². The van der Waals surface area contributed by atoms with E-state index in [0.29, 0.717) is 12.0 Å². The topological polar surface area (TPSA) is 55.8 Å². The fraction of sp³-hybridized carbons (Fsp3) is 0.417. The molecule has 0 saturated carbocycles. The Balaban J connectivity index is 2.69. The highest BCUT2D eigenvalue weighted by molar-refractivity contribution is 5.96. The van der Waals surface area contributed by atoms with Crippen molar-refractivity contribution in [3.8, 4) is 11.5 Å². The van der Waals surface area contributed by atoms with Crippen molar-refractivity contribution in [3.63, 3.8) is 0 Å². The third-order valence-electron chi connectivity index (χ3n) is 2.80. The lowest BCUT2D eigenvalue weighted by atomic mass is 9.93. The second-order valence-electron chi connectivity index (χ2n) is 4.02. The number of hydrogen-bond acceptors (Lipinski definition) is 4. The second-order valence-corrected chi connectivity index (χ2v) is 4.02. The fourth-order valence-corrected chi connectivity index (χ4v) is 2.08. The highest BCUT2D eigenvalue weighted by Crippen LogP contribution is 2.38. The molecule has 4 nitrogen and oxygen atoms in total. The van der Waals surface area contributed by atoms with Crippen LogP contribution in [0, 0.1) is 6.92 Å². The van der Waals surface area contributed by atoms with Crippen molar-refractivity contribution in [3.05, 3.63) is 22.8 Å². The van der Waals surface area contributed by atoms with Gasteiger partial charge < -0.3 is 14.6 Å². The van der Waals surface area contributed by atoms with Crippen molar-refractivity contribution in [1.29, 1.82) is 0 Å². The molecule has 1 N–H and O–H groups in total. The quantitative estimate of drug-likeness (QED) is 0.736. The van der Waals surface area contributed by atoms with Gasteiger partial charge in [0.2, 0.25) is 0 Å². The van der Waals surface area contributed by atoms with Gasteiger partial charge in [-0.3, -0.25) is 0 Å².